The first-order valence-corrected chi connectivity index (χ1v) is 9.29. The lowest BCUT2D eigenvalue weighted by Gasteiger charge is -2.36. The molecule has 27 heavy (non-hydrogen) atoms. The Kier molecular flexibility index (Phi) is 8.13. The van der Waals surface area contributed by atoms with Gasteiger partial charge in [0.05, 0.1) is 25.1 Å². The van der Waals surface area contributed by atoms with Crippen molar-refractivity contribution in [3.8, 4) is 16.5 Å². The summed E-state index contributed by atoms with van der Waals surface area (Å²) >= 11 is 1.63. The van der Waals surface area contributed by atoms with Crippen molar-refractivity contribution < 1.29 is 9.15 Å². The topological polar surface area (TPSA) is 50.5 Å². The summed E-state index contributed by atoms with van der Waals surface area (Å²) in [6.07, 6.45) is 1.68. The molecule has 5 nitrogen and oxygen atoms in total. The summed E-state index contributed by atoms with van der Waals surface area (Å²) in [5.74, 6) is 1.77. The molecule has 1 aliphatic rings. The quantitative estimate of drug-likeness (QED) is 0.653. The van der Waals surface area contributed by atoms with Gasteiger partial charge in [0.25, 0.3) is 0 Å². The number of hydrogen-bond acceptors (Lipinski definition) is 6. The molecule has 0 radical (unpaired) electrons. The number of rotatable bonds is 5. The third-order valence-electron chi connectivity index (χ3n) is 4.50. The Morgan fingerprint density at radius 1 is 1.26 bits per heavy atom. The summed E-state index contributed by atoms with van der Waals surface area (Å²) in [7, 11) is 1.73. The molecule has 1 saturated heterocycles. The summed E-state index contributed by atoms with van der Waals surface area (Å²) in [5.41, 5.74) is 2.30. The van der Waals surface area contributed by atoms with Crippen molar-refractivity contribution in [1.82, 2.24) is 15.2 Å². The zero-order chi connectivity index (χ0) is 17.1. The molecule has 1 atom stereocenters. The van der Waals surface area contributed by atoms with Crippen LogP contribution >= 0.6 is 36.2 Å². The Morgan fingerprint density at radius 3 is 2.89 bits per heavy atom. The molecule has 8 heteroatoms. The van der Waals surface area contributed by atoms with E-state index in [9.17, 15) is 0 Å². The van der Waals surface area contributed by atoms with Crippen molar-refractivity contribution in [2.75, 3.05) is 26.7 Å². The largest absolute Gasteiger partial charge is 0.496 e. The predicted octanol–water partition coefficient (Wildman–Crippen LogP) is 4.40. The molecule has 0 saturated carbocycles. The minimum atomic E-state index is 0. The number of furan rings is 1. The maximum absolute atomic E-state index is 5.57. The van der Waals surface area contributed by atoms with Crippen LogP contribution in [0, 0.1) is 0 Å². The first-order valence-electron chi connectivity index (χ1n) is 8.41. The van der Waals surface area contributed by atoms with Gasteiger partial charge in [-0.2, -0.15) is 0 Å². The molecule has 1 N–H and O–H groups in total. The van der Waals surface area contributed by atoms with Gasteiger partial charge < -0.3 is 14.5 Å². The second-order valence-electron chi connectivity index (χ2n) is 6.05. The molecule has 1 aromatic carbocycles. The highest BCUT2D eigenvalue weighted by atomic mass is 35.5. The van der Waals surface area contributed by atoms with Gasteiger partial charge in [0.2, 0.25) is 0 Å². The van der Waals surface area contributed by atoms with E-state index in [2.05, 4.69) is 27.7 Å². The number of para-hydroxylation sites is 1. The zero-order valence-corrected chi connectivity index (χ0v) is 17.4. The lowest BCUT2D eigenvalue weighted by atomic mass is 10.0. The summed E-state index contributed by atoms with van der Waals surface area (Å²) in [4.78, 5) is 7.22. The molecule has 3 aromatic rings. The van der Waals surface area contributed by atoms with Gasteiger partial charge >= 0.3 is 0 Å². The van der Waals surface area contributed by atoms with E-state index in [1.165, 1.54) is 5.56 Å². The summed E-state index contributed by atoms with van der Waals surface area (Å²) in [6, 6.07) is 12.4. The van der Waals surface area contributed by atoms with Crippen LogP contribution < -0.4 is 10.1 Å². The van der Waals surface area contributed by atoms with Crippen LogP contribution in [0.15, 0.2) is 52.5 Å². The van der Waals surface area contributed by atoms with Crippen LogP contribution in [-0.4, -0.2) is 36.6 Å². The van der Waals surface area contributed by atoms with Crippen LogP contribution in [0.25, 0.3) is 10.8 Å². The number of thiazole rings is 1. The van der Waals surface area contributed by atoms with Gasteiger partial charge in [0.15, 0.2) is 10.8 Å². The summed E-state index contributed by atoms with van der Waals surface area (Å²) in [6.45, 7) is 3.70. The average molecular weight is 428 g/mol. The predicted molar refractivity (Wildman–Crippen MR) is 113 cm³/mol. The smallest absolute Gasteiger partial charge is 0.162 e. The molecule has 3 heterocycles. The fourth-order valence-electron chi connectivity index (χ4n) is 3.29. The molecule has 0 bridgehead atoms. The number of halogens is 2. The van der Waals surface area contributed by atoms with Gasteiger partial charge in [-0.25, -0.2) is 4.98 Å². The molecular weight excluding hydrogens is 405 g/mol. The van der Waals surface area contributed by atoms with Crippen molar-refractivity contribution in [3.05, 3.63) is 59.3 Å². The van der Waals surface area contributed by atoms with E-state index in [0.717, 1.165) is 48.4 Å². The molecule has 2 aromatic heterocycles. The zero-order valence-electron chi connectivity index (χ0n) is 15.0. The lowest BCUT2D eigenvalue weighted by molar-refractivity contribution is 0.149. The van der Waals surface area contributed by atoms with Crippen LogP contribution in [-0.2, 0) is 6.54 Å². The van der Waals surface area contributed by atoms with E-state index < -0.39 is 0 Å². The number of nitrogens with one attached hydrogen (secondary N) is 1. The molecule has 0 amide bonds. The van der Waals surface area contributed by atoms with E-state index in [-0.39, 0.29) is 30.9 Å². The third-order valence-corrected chi connectivity index (χ3v) is 5.41. The summed E-state index contributed by atoms with van der Waals surface area (Å²) in [5, 5.41) is 6.56. The first kappa shape index (κ1) is 21.7. The third kappa shape index (κ3) is 4.83. The van der Waals surface area contributed by atoms with Crippen molar-refractivity contribution >= 4 is 36.2 Å². The molecule has 1 unspecified atom stereocenters. The maximum atomic E-state index is 5.57. The number of nitrogens with zero attached hydrogens (tertiary/aromatic N) is 2. The first-order chi connectivity index (χ1) is 12.3. The van der Waals surface area contributed by atoms with Crippen LogP contribution in [0.3, 0.4) is 0 Å². The molecule has 146 valence electrons. The number of hydrogen-bond donors (Lipinski definition) is 1. The van der Waals surface area contributed by atoms with Gasteiger partial charge in [0, 0.05) is 37.1 Å². The van der Waals surface area contributed by atoms with E-state index in [4.69, 9.17) is 14.1 Å². The highest BCUT2D eigenvalue weighted by molar-refractivity contribution is 7.13. The van der Waals surface area contributed by atoms with Crippen LogP contribution in [0.1, 0.15) is 17.3 Å². The second kappa shape index (κ2) is 10.1. The number of aromatic nitrogens is 1. The van der Waals surface area contributed by atoms with Gasteiger partial charge in [-0.1, -0.05) is 18.2 Å². The van der Waals surface area contributed by atoms with Crippen molar-refractivity contribution in [2.45, 2.75) is 12.6 Å². The normalized spacial score (nSPS) is 17.0. The molecular formula is C19H23Cl2N3O2S. The van der Waals surface area contributed by atoms with Gasteiger partial charge in [-0.3, -0.25) is 4.90 Å². The number of ether oxygens (including phenoxy) is 1. The minimum Gasteiger partial charge on any atom is -0.496 e. The fourth-order valence-corrected chi connectivity index (χ4v) is 4.06. The van der Waals surface area contributed by atoms with Gasteiger partial charge in [-0.15, -0.1) is 36.2 Å². The van der Waals surface area contributed by atoms with Gasteiger partial charge in [-0.05, 0) is 18.2 Å². The molecule has 1 aliphatic heterocycles. The van der Waals surface area contributed by atoms with Crippen molar-refractivity contribution in [2.24, 2.45) is 0 Å². The van der Waals surface area contributed by atoms with Crippen LogP contribution in [0.5, 0.6) is 5.75 Å². The minimum absolute atomic E-state index is 0. The number of methoxy groups -OCH3 is 1. The molecule has 0 spiro atoms. The van der Waals surface area contributed by atoms with E-state index in [1.54, 1.807) is 24.7 Å². The maximum Gasteiger partial charge on any atom is 0.162 e. The van der Waals surface area contributed by atoms with Crippen molar-refractivity contribution in [3.63, 3.8) is 0 Å². The summed E-state index contributed by atoms with van der Waals surface area (Å²) < 4.78 is 11.0. The Bertz CT molecular complexity index is 826. The fraction of sp³-hybridized carbons (Fsp3) is 0.316. The monoisotopic (exact) mass is 427 g/mol. The highest BCUT2D eigenvalue weighted by Crippen LogP contribution is 2.32. The average Bonchev–Trinajstić information content (AvgIpc) is 3.34. The second-order valence-corrected chi connectivity index (χ2v) is 6.91. The standard InChI is InChI=1S/C19H21N3O2S.2ClH/c1-23-17-6-3-2-5-15(17)16-11-20-8-9-22(16)12-14-13-25-19(21-14)18-7-4-10-24-18;;/h2-7,10,13,16,20H,8-9,11-12H2,1H3;2*1H. The highest BCUT2D eigenvalue weighted by Gasteiger charge is 2.26. The Labute approximate surface area is 175 Å². The molecule has 0 aliphatic carbocycles. The Balaban J connectivity index is 0.00000131. The molecule has 4 rings (SSSR count). The van der Waals surface area contributed by atoms with E-state index >= 15 is 0 Å². The SMILES string of the molecule is COc1ccccc1C1CNCCN1Cc1csc(-c2ccco2)n1.Cl.Cl. The van der Waals surface area contributed by atoms with E-state index in [1.807, 2.05) is 24.3 Å². The Hall–Kier alpha value is -1.57. The van der Waals surface area contributed by atoms with Crippen molar-refractivity contribution in [1.29, 1.82) is 0 Å². The molecule has 1 fully saturated rings. The number of piperazine rings is 1. The Morgan fingerprint density at radius 2 is 2.11 bits per heavy atom. The van der Waals surface area contributed by atoms with Gasteiger partial charge in [0.1, 0.15) is 5.75 Å². The van der Waals surface area contributed by atoms with E-state index in [0.29, 0.717) is 0 Å². The lowest BCUT2D eigenvalue weighted by Crippen LogP contribution is -2.45. The number of benzene rings is 1. The van der Waals surface area contributed by atoms with Crippen LogP contribution in [0.2, 0.25) is 0 Å². The van der Waals surface area contributed by atoms with Crippen LogP contribution in [0.4, 0.5) is 0 Å².